The molecule has 44 heavy (non-hydrogen) atoms. The Hall–Kier alpha value is -1.38. The summed E-state index contributed by atoms with van der Waals surface area (Å²) in [5.41, 5.74) is -1.75. The van der Waals surface area contributed by atoms with Crippen molar-refractivity contribution in [2.24, 2.45) is 44.8 Å². The van der Waals surface area contributed by atoms with Crippen LogP contribution in [-0.4, -0.2) is 52.7 Å². The Kier molecular flexibility index (Phi) is 7.63. The standard InChI is InChI=1S/C36H56NO7/c1-10-17-37-30(40)44-25-13-14-35-19-36(35)16-15-33(8)26-20(2)18-22(29(32(6,7)41)42-21(3)38)43-27(26)28(39)34(33,9)24(36)12-11-23(35)31(25,4)5/h20,23,25-26,28-29,39,41H,10-19H2,1-9H3,(H,37,40)/t20-,23+,25?,26+,28+,29+,33-,34-,35-,36+/m1/s1. The van der Waals surface area contributed by atoms with Gasteiger partial charge in [0.05, 0.1) is 11.7 Å². The van der Waals surface area contributed by atoms with Crippen LogP contribution in [0.2, 0.25) is 0 Å². The highest BCUT2D eigenvalue weighted by molar-refractivity contribution is 5.67. The topological polar surface area (TPSA) is 114 Å². The molecule has 0 bridgehead atoms. The highest BCUT2D eigenvalue weighted by Gasteiger charge is 2.85. The van der Waals surface area contributed by atoms with E-state index in [1.54, 1.807) is 13.8 Å². The second-order valence-corrected chi connectivity index (χ2v) is 17.0. The summed E-state index contributed by atoms with van der Waals surface area (Å²) in [4.78, 5) is 24.6. The maximum Gasteiger partial charge on any atom is 0.407 e. The molecular weight excluding hydrogens is 558 g/mol. The van der Waals surface area contributed by atoms with Crippen LogP contribution in [0.5, 0.6) is 0 Å². The molecule has 8 nitrogen and oxygen atoms in total. The largest absolute Gasteiger partial charge is 0.456 e. The summed E-state index contributed by atoms with van der Waals surface area (Å²) in [6.45, 7) is 18.8. The molecule has 6 rings (SSSR count). The summed E-state index contributed by atoms with van der Waals surface area (Å²) in [7, 11) is 0. The molecule has 0 aromatic rings. The highest BCUT2D eigenvalue weighted by atomic mass is 16.6. The summed E-state index contributed by atoms with van der Waals surface area (Å²) in [6, 6.07) is 0. The monoisotopic (exact) mass is 614 g/mol. The number of rotatable bonds is 6. The van der Waals surface area contributed by atoms with E-state index in [1.807, 2.05) is 6.92 Å². The van der Waals surface area contributed by atoms with Gasteiger partial charge in [0.1, 0.15) is 18.3 Å². The number of carbonyl (C=O) groups is 2. The molecule has 5 aliphatic carbocycles. The minimum Gasteiger partial charge on any atom is -0.456 e. The van der Waals surface area contributed by atoms with Gasteiger partial charge in [-0.25, -0.2) is 4.79 Å². The first-order chi connectivity index (χ1) is 20.4. The van der Waals surface area contributed by atoms with Gasteiger partial charge in [0, 0.05) is 30.2 Å². The van der Waals surface area contributed by atoms with Crippen LogP contribution in [0.25, 0.3) is 0 Å². The molecule has 0 aromatic carbocycles. The van der Waals surface area contributed by atoms with Gasteiger partial charge in [0.15, 0.2) is 6.10 Å². The first kappa shape index (κ1) is 32.6. The van der Waals surface area contributed by atoms with Gasteiger partial charge < -0.3 is 29.7 Å². The SMILES string of the molecule is CCCNC(=O)OC1CC[C@]23C[C@]24CC[C@]2(C)[C@@H]5[C](O[C]([C@H](OC(C)=O)C(C)(C)O)C[C@H]5C)[C@H](O)[C@@]2(C)[C]4CC[C@H]3C1(C)C. The van der Waals surface area contributed by atoms with Gasteiger partial charge in [0.2, 0.25) is 0 Å². The van der Waals surface area contributed by atoms with Crippen molar-refractivity contribution < 1.29 is 34.0 Å². The van der Waals surface area contributed by atoms with Crippen LogP contribution < -0.4 is 5.32 Å². The van der Waals surface area contributed by atoms with Gasteiger partial charge in [-0.15, -0.1) is 0 Å². The second-order valence-electron chi connectivity index (χ2n) is 17.0. The Morgan fingerprint density at radius 3 is 2.48 bits per heavy atom. The average molecular weight is 615 g/mol. The van der Waals surface area contributed by atoms with Crippen molar-refractivity contribution in [2.75, 3.05) is 6.54 Å². The summed E-state index contributed by atoms with van der Waals surface area (Å²) in [5.74, 6) is 1.78. The lowest BCUT2D eigenvalue weighted by atomic mass is 9.41. The molecule has 3 radical (unpaired) electrons. The Morgan fingerprint density at radius 1 is 1.14 bits per heavy atom. The number of esters is 1. The van der Waals surface area contributed by atoms with E-state index in [2.05, 4.69) is 39.9 Å². The summed E-state index contributed by atoms with van der Waals surface area (Å²) < 4.78 is 18.3. The normalized spacial score (nSPS) is 45.6. The van der Waals surface area contributed by atoms with Crippen molar-refractivity contribution in [3.8, 4) is 0 Å². The van der Waals surface area contributed by atoms with Gasteiger partial charge in [-0.05, 0) is 106 Å². The van der Waals surface area contributed by atoms with Crippen molar-refractivity contribution in [2.45, 2.75) is 144 Å². The van der Waals surface area contributed by atoms with Crippen molar-refractivity contribution in [3.05, 3.63) is 18.1 Å². The van der Waals surface area contributed by atoms with Crippen molar-refractivity contribution in [1.29, 1.82) is 0 Å². The number of ether oxygens (including phenoxy) is 3. The lowest BCUT2D eigenvalue weighted by Crippen LogP contribution is -2.59. The number of aliphatic hydroxyl groups excluding tert-OH is 1. The molecular formula is C36H56NO7. The van der Waals surface area contributed by atoms with Gasteiger partial charge in [-0.2, -0.15) is 0 Å². The fourth-order valence-electron chi connectivity index (χ4n) is 12.0. The van der Waals surface area contributed by atoms with Gasteiger partial charge in [0.25, 0.3) is 0 Å². The molecule has 10 atom stereocenters. The van der Waals surface area contributed by atoms with Crippen LogP contribution in [0.4, 0.5) is 4.79 Å². The Labute approximate surface area is 264 Å². The number of fused-ring (bicyclic) bond motifs is 4. The third kappa shape index (κ3) is 4.24. The van der Waals surface area contributed by atoms with E-state index in [-0.39, 0.29) is 45.7 Å². The first-order valence-electron chi connectivity index (χ1n) is 17.2. The first-order valence-corrected chi connectivity index (χ1v) is 17.2. The molecule has 6 aliphatic rings. The molecule has 6 fully saturated rings. The third-order valence-electron chi connectivity index (χ3n) is 14.0. The smallest absolute Gasteiger partial charge is 0.407 e. The number of hydrogen-bond acceptors (Lipinski definition) is 7. The number of amides is 1. The predicted octanol–water partition coefficient (Wildman–Crippen LogP) is 6.29. The van der Waals surface area contributed by atoms with E-state index in [0.29, 0.717) is 31.1 Å². The molecule has 1 saturated heterocycles. The number of aliphatic hydroxyl groups is 2. The molecule has 8 heteroatoms. The molecule has 1 amide bonds. The quantitative estimate of drug-likeness (QED) is 0.301. The Balaban J connectivity index is 1.27. The van der Waals surface area contributed by atoms with E-state index in [1.165, 1.54) is 12.8 Å². The molecule has 0 aromatic heterocycles. The lowest BCUT2D eigenvalue weighted by molar-refractivity contribution is -0.171. The third-order valence-corrected chi connectivity index (χ3v) is 14.0. The van der Waals surface area contributed by atoms with Crippen LogP contribution >= 0.6 is 0 Å². The van der Waals surface area contributed by atoms with Crippen LogP contribution in [0.15, 0.2) is 0 Å². The van der Waals surface area contributed by atoms with Gasteiger partial charge in [-0.1, -0.05) is 41.5 Å². The zero-order valence-electron chi connectivity index (χ0n) is 28.5. The van der Waals surface area contributed by atoms with Crippen molar-refractivity contribution in [3.63, 3.8) is 0 Å². The second kappa shape index (κ2) is 10.3. The van der Waals surface area contributed by atoms with Gasteiger partial charge in [-0.3, -0.25) is 4.79 Å². The van der Waals surface area contributed by atoms with Crippen molar-refractivity contribution in [1.82, 2.24) is 5.32 Å². The molecule has 5 saturated carbocycles. The maximum absolute atomic E-state index is 12.6. The van der Waals surface area contributed by atoms with Crippen LogP contribution in [0, 0.1) is 63.0 Å². The molecule has 1 unspecified atom stereocenters. The van der Waals surface area contributed by atoms with E-state index < -0.39 is 29.2 Å². The summed E-state index contributed by atoms with van der Waals surface area (Å²) in [6.07, 6.45) is 7.87. The minimum atomic E-state index is -1.32. The fourth-order valence-corrected chi connectivity index (χ4v) is 12.0. The maximum atomic E-state index is 12.6. The Morgan fingerprint density at radius 2 is 1.84 bits per heavy atom. The number of hydrogen-bond donors (Lipinski definition) is 3. The van der Waals surface area contributed by atoms with E-state index >= 15 is 0 Å². The molecule has 3 N–H and O–H groups in total. The molecule has 1 heterocycles. The van der Waals surface area contributed by atoms with E-state index in [4.69, 9.17) is 14.2 Å². The van der Waals surface area contributed by atoms with Crippen LogP contribution in [0.1, 0.15) is 120 Å². The predicted molar refractivity (Wildman–Crippen MR) is 165 cm³/mol. The van der Waals surface area contributed by atoms with Crippen molar-refractivity contribution >= 4 is 12.1 Å². The fraction of sp³-hybridized carbons (Fsp3) is 0.861. The molecule has 1 aliphatic heterocycles. The number of nitrogens with one attached hydrogen (secondary N) is 1. The van der Waals surface area contributed by atoms with Gasteiger partial charge >= 0.3 is 12.1 Å². The minimum absolute atomic E-state index is 0.0746. The summed E-state index contributed by atoms with van der Waals surface area (Å²) in [5, 5.41) is 26.2. The van der Waals surface area contributed by atoms with E-state index in [0.717, 1.165) is 51.4 Å². The zero-order valence-corrected chi connectivity index (χ0v) is 28.5. The van der Waals surface area contributed by atoms with Crippen LogP contribution in [0.3, 0.4) is 0 Å². The van der Waals surface area contributed by atoms with Crippen LogP contribution in [-0.2, 0) is 19.0 Å². The van der Waals surface area contributed by atoms with E-state index in [9.17, 15) is 19.8 Å². The molecule has 2 spiro atoms. The lowest BCUT2D eigenvalue weighted by Gasteiger charge is -2.63. The number of alkyl carbamates (subject to hydrolysis) is 1. The zero-order chi connectivity index (χ0) is 32.3. The number of carbonyl (C=O) groups excluding carboxylic acids is 2. The average Bonchev–Trinajstić information content (AvgIpc) is 3.56. The summed E-state index contributed by atoms with van der Waals surface area (Å²) >= 11 is 0. The Bertz CT molecular complexity index is 1170. The molecule has 247 valence electrons. The highest BCUT2D eigenvalue weighted by Crippen LogP contribution is 2.90.